The predicted molar refractivity (Wildman–Crippen MR) is 461 cm³/mol. The van der Waals surface area contributed by atoms with Gasteiger partial charge < -0.3 is 78.0 Å². The van der Waals surface area contributed by atoms with Crippen LogP contribution in [0.1, 0.15) is 256 Å². The maximum Gasteiger partial charge on any atom is 0.306 e. The number of phosphoric acid groups is 1. The first-order chi connectivity index (χ1) is 61.6. The number of carbonyl (C=O) groups excluding carboxylic acids is 13. The third kappa shape index (κ3) is 15.0. The van der Waals surface area contributed by atoms with Gasteiger partial charge in [-0.05, 0) is 244 Å². The third-order valence-electron chi connectivity index (χ3n) is 37.8. The molecule has 14 fully saturated rings. The summed E-state index contributed by atoms with van der Waals surface area (Å²) in [6.45, 7) is 17.9. The number of fused-ring (bicyclic) bond motifs is 22. The van der Waals surface area contributed by atoms with E-state index >= 15 is 8.78 Å². The fraction of sp³-hybridized carbons (Fsp3) is 0.730. The lowest BCUT2D eigenvalue weighted by molar-refractivity contribution is -0.341. The molecule has 1 aliphatic heterocycles. The van der Waals surface area contributed by atoms with Crippen molar-refractivity contribution in [2.45, 2.75) is 320 Å². The number of halogens is 3. The Morgan fingerprint density at radius 3 is 1.67 bits per heavy atom. The Morgan fingerprint density at radius 2 is 1.09 bits per heavy atom. The number of aliphatic hydroxyl groups excluding tert-OH is 3. The number of carboxylic acid groups (broad SMARTS) is 1. The highest BCUT2D eigenvalue weighted by Gasteiger charge is 2.83. The minimum atomic E-state index is -5.33. The summed E-state index contributed by atoms with van der Waals surface area (Å²) in [4.78, 5) is 183. The SMILES string of the molecule is CC(=O)OCC(=O)C12OC3(CCCC3)OC1CC1C3CCC4=CC(=O)C=CC4(C)C3(F)C(O)CC12C.CC12C=CC(=O)C=C1CCC1C2C(O)CC2(C)C1CCC2(O)C(=O)COC(=O)CCC(=O)[O-].CC12CCC(=O)C=C1CCC1C2C(O)CC2(C)C1CCC2(O)C(=O)COP(=O)([O-])[O-].CCCC(=O)OC1(C(=O)CCl)C(C)CC2C3CCC4=CC(=O)C=CC4(C)C3(F)C(=O)CC21C. The number of carboxylic acids is 1. The number of allylic oxidation sites excluding steroid dienone is 13. The molecule has 0 amide bonds. The number of Topliss-reactive ketones (excluding diaryl/α,β-unsaturated/α-hetero) is 5. The van der Waals surface area contributed by atoms with E-state index in [1.807, 2.05) is 33.8 Å². The molecule has 29 unspecified atom stereocenters. The summed E-state index contributed by atoms with van der Waals surface area (Å²) in [5.74, 6) is -9.85. The molecule has 32 heteroatoms. The van der Waals surface area contributed by atoms with E-state index in [-0.39, 0.29) is 133 Å². The summed E-state index contributed by atoms with van der Waals surface area (Å²) in [7, 11) is -5.33. The molecule has 0 aromatic carbocycles. The van der Waals surface area contributed by atoms with E-state index in [0.717, 1.165) is 49.7 Å². The van der Waals surface area contributed by atoms with E-state index in [4.69, 9.17) is 35.3 Å². The minimum Gasteiger partial charge on any atom is -0.790 e. The number of ether oxygens (including phenoxy) is 5. The molecule has 17 aliphatic carbocycles. The number of phosphoric ester groups is 1. The predicted octanol–water partition coefficient (Wildman–Crippen LogP) is 9.50. The Kier molecular flexibility index (Phi) is 26.1. The highest BCUT2D eigenvalue weighted by Crippen LogP contribution is 2.76. The molecule has 18 rings (SSSR count). The van der Waals surface area contributed by atoms with Crippen LogP contribution in [0.3, 0.4) is 0 Å². The zero-order valence-corrected chi connectivity index (χ0v) is 78.9. The van der Waals surface area contributed by atoms with Crippen molar-refractivity contribution < 1.29 is 144 Å². The lowest BCUT2D eigenvalue weighted by atomic mass is 9.44. The average molecular weight is 1880 g/mol. The molecule has 18 aliphatic rings. The second-order valence-corrected chi connectivity index (χ2v) is 45.1. The lowest BCUT2D eigenvalue weighted by Crippen LogP contribution is -2.70. The molecule has 724 valence electrons. The number of hydrogen-bond donors (Lipinski definition) is 5. The maximum absolute atomic E-state index is 17.4. The van der Waals surface area contributed by atoms with Crippen LogP contribution < -0.4 is 14.9 Å². The number of carbonyl (C=O) groups is 13. The zero-order chi connectivity index (χ0) is 96.4. The number of aliphatic hydroxyl groups is 5. The van der Waals surface area contributed by atoms with Crippen molar-refractivity contribution in [2.24, 2.45) is 108 Å². The average Bonchev–Trinajstić information content (AvgIpc) is 1.46. The van der Waals surface area contributed by atoms with E-state index in [0.29, 0.717) is 94.6 Å². The third-order valence-corrected chi connectivity index (χ3v) is 38.5. The van der Waals surface area contributed by atoms with E-state index in [2.05, 4.69) is 18.4 Å². The minimum absolute atomic E-state index is 0.00182. The van der Waals surface area contributed by atoms with Crippen LogP contribution >= 0.6 is 19.4 Å². The molecular formula is C100H127ClF2O28P-3. The molecule has 13 saturated carbocycles. The Bertz CT molecular complexity index is 5110. The molecule has 28 nitrogen and oxygen atoms in total. The van der Waals surface area contributed by atoms with Crippen molar-refractivity contribution in [3.63, 3.8) is 0 Å². The van der Waals surface area contributed by atoms with Gasteiger partial charge in [0.2, 0.25) is 11.6 Å². The van der Waals surface area contributed by atoms with E-state index < -0.39 is 207 Å². The van der Waals surface area contributed by atoms with Crippen LogP contribution in [0.5, 0.6) is 0 Å². The van der Waals surface area contributed by atoms with Gasteiger partial charge in [-0.1, -0.05) is 95.9 Å². The molecule has 0 aromatic rings. The summed E-state index contributed by atoms with van der Waals surface area (Å²) in [5.41, 5.74) is -14.1. The largest absolute Gasteiger partial charge is 0.790 e. The van der Waals surface area contributed by atoms with E-state index in [1.165, 1.54) is 31.2 Å². The van der Waals surface area contributed by atoms with Crippen LogP contribution in [0.25, 0.3) is 0 Å². The highest BCUT2D eigenvalue weighted by atomic mass is 35.5. The lowest BCUT2D eigenvalue weighted by Gasteiger charge is -2.62. The van der Waals surface area contributed by atoms with Crippen LogP contribution in [0.2, 0.25) is 0 Å². The summed E-state index contributed by atoms with van der Waals surface area (Å²) < 4.78 is 78.8. The number of rotatable bonds is 18. The molecule has 1 heterocycles. The van der Waals surface area contributed by atoms with Gasteiger partial charge in [0.25, 0.3) is 0 Å². The summed E-state index contributed by atoms with van der Waals surface area (Å²) in [6, 6.07) is 0. The Morgan fingerprint density at radius 1 is 0.561 bits per heavy atom. The van der Waals surface area contributed by atoms with Gasteiger partial charge in [-0.2, -0.15) is 0 Å². The highest BCUT2D eigenvalue weighted by molar-refractivity contribution is 7.43. The number of hydrogen-bond acceptors (Lipinski definition) is 28. The smallest absolute Gasteiger partial charge is 0.306 e. The van der Waals surface area contributed by atoms with Gasteiger partial charge in [-0.3, -0.25) is 57.5 Å². The number of ketones is 9. The fourth-order valence-corrected chi connectivity index (χ4v) is 31.9. The van der Waals surface area contributed by atoms with Gasteiger partial charge in [-0.15, -0.1) is 11.6 Å². The summed E-state index contributed by atoms with van der Waals surface area (Å²) in [6.07, 6.45) is 24.1. The van der Waals surface area contributed by atoms with Gasteiger partial charge in [0.05, 0.1) is 44.5 Å². The molecule has 1 saturated heterocycles. The van der Waals surface area contributed by atoms with Crippen molar-refractivity contribution in [3.8, 4) is 0 Å². The first-order valence-electron chi connectivity index (χ1n) is 47.5. The summed E-state index contributed by atoms with van der Waals surface area (Å²) >= 11 is 6.02. The number of aliphatic carboxylic acids is 1. The molecule has 132 heavy (non-hydrogen) atoms. The van der Waals surface area contributed by atoms with Crippen LogP contribution in [0.15, 0.2) is 83.1 Å². The summed E-state index contributed by atoms with van der Waals surface area (Å²) in [5, 5.41) is 67.6. The van der Waals surface area contributed by atoms with Gasteiger partial charge in [0.15, 0.2) is 82.0 Å². The Hall–Kier alpha value is -6.93. The molecule has 5 N–H and O–H groups in total. The van der Waals surface area contributed by atoms with Crippen molar-refractivity contribution in [2.75, 3.05) is 25.7 Å². The second kappa shape index (κ2) is 34.6. The maximum atomic E-state index is 17.4. The van der Waals surface area contributed by atoms with Gasteiger partial charge in [0, 0.05) is 107 Å². The Balaban J connectivity index is 0.000000135. The quantitative estimate of drug-likeness (QED) is 0.0369. The van der Waals surface area contributed by atoms with Crippen molar-refractivity contribution in [1.82, 2.24) is 0 Å². The molecule has 0 aromatic heterocycles. The Labute approximate surface area is 772 Å². The van der Waals surface area contributed by atoms with Crippen LogP contribution in [-0.4, -0.2) is 191 Å². The standard InChI is InChI=1S/C28H35FO7.C26H32ClFO5.C25H32O8.C21H31O8P/c1-16(30)34-15-22(33)28-23(35-26(36-28)9-4-5-10-26)13-20-19-7-6-17-12-18(31)8-11-24(17,2)27(19,29)21(32)14-25(20,28)3;1-5-6-22(32)33-26(21(31)14-27)15(2)11-19-18-8-7-16-12-17(29)9-10-23(16,3)25(18,28)20(30)13-24(19,26)4;1-23-9-7-15(26)11-14(23)3-4-16-17-8-10-25(32,24(17,2)12-18(27)22(16)23)19(28)13-33-21(31)6-5-20(29)30;1-19-7-5-13(22)9-12(19)3-4-14-15-6-8-21(25,17(24)11-29-30(26,27)28)20(15,2)10-16(23)18(14)19/h8,11-12,19-21,23,32H,4-7,9-10,13-15H2,1-3H3;9-10,12,15,18-19H,5-8,11,13-14H2,1-4H3;7,9,11,16-18,22,27,32H,3-6,8,10,12-13H2,1-2H3,(H,29,30);9,14-16,18,23,25H,3-8,10-11H2,1-2H3,(H2,26,27,28)/p-3. The topological polar surface area (TPSA) is 465 Å². The number of esters is 3. The van der Waals surface area contributed by atoms with Crippen molar-refractivity contribution in [3.05, 3.63) is 83.1 Å². The normalized spacial score (nSPS) is 44.9. The molecule has 1 spiro atoms. The number of alkyl halides is 3. The molecule has 0 bridgehead atoms. The van der Waals surface area contributed by atoms with Crippen molar-refractivity contribution >= 4 is 95.4 Å². The molecule has 0 radical (unpaired) electrons. The van der Waals surface area contributed by atoms with E-state index in [1.54, 1.807) is 58.1 Å². The van der Waals surface area contributed by atoms with Crippen LogP contribution in [0, 0.1) is 108 Å². The van der Waals surface area contributed by atoms with Gasteiger partial charge >= 0.3 is 17.9 Å². The van der Waals surface area contributed by atoms with Crippen molar-refractivity contribution in [1.29, 1.82) is 0 Å². The van der Waals surface area contributed by atoms with Crippen LogP contribution in [0.4, 0.5) is 8.78 Å². The fourth-order valence-electron chi connectivity index (χ4n) is 31.4. The second-order valence-electron chi connectivity index (χ2n) is 43.7. The first kappa shape index (κ1) is 99.5. The molecule has 29 atom stereocenters. The molecular weight excluding hydrogens is 1750 g/mol. The first-order valence-corrected chi connectivity index (χ1v) is 49.5. The van der Waals surface area contributed by atoms with Gasteiger partial charge in [-0.25, -0.2) is 8.78 Å². The monoisotopic (exact) mass is 1880 g/mol. The van der Waals surface area contributed by atoms with Gasteiger partial charge in [0.1, 0.15) is 17.8 Å². The van der Waals surface area contributed by atoms with E-state index in [9.17, 15) is 107 Å². The zero-order valence-electron chi connectivity index (χ0n) is 77.3. The van der Waals surface area contributed by atoms with Crippen LogP contribution in [-0.2, 0) is 95.1 Å².